The maximum atomic E-state index is 13.4. The van der Waals surface area contributed by atoms with Gasteiger partial charge < -0.3 is 39.5 Å². The molecule has 45 heavy (non-hydrogen) atoms. The Balaban J connectivity index is 1.61. The quantitative estimate of drug-likeness (QED) is 0.0564. The van der Waals surface area contributed by atoms with E-state index in [0.717, 1.165) is 0 Å². The molecule has 6 atom stereocenters. The molecule has 0 spiro atoms. The van der Waals surface area contributed by atoms with Crippen molar-refractivity contribution < 1.29 is 65.4 Å². The van der Waals surface area contributed by atoms with Crippen molar-refractivity contribution in [2.45, 2.75) is 37.8 Å². The van der Waals surface area contributed by atoms with Gasteiger partial charge >= 0.3 is 29.4 Å². The molecular weight excluding hydrogens is 669 g/mol. The van der Waals surface area contributed by atoms with E-state index in [0.29, 0.717) is 5.75 Å². The molecule has 22 nitrogen and oxygen atoms in total. The van der Waals surface area contributed by atoms with Gasteiger partial charge in [0, 0.05) is 11.3 Å². The number of fused-ring (bicyclic) bond motifs is 1. The van der Waals surface area contributed by atoms with E-state index in [4.69, 9.17) is 39.8 Å². The molecule has 1 aliphatic heterocycles. The highest BCUT2D eigenvalue weighted by Crippen LogP contribution is 2.66. The lowest BCUT2D eigenvalue weighted by Crippen LogP contribution is -2.31. The minimum atomic E-state index is -5.80. The summed E-state index contributed by atoms with van der Waals surface area (Å²) in [4.78, 5) is 65.2. The van der Waals surface area contributed by atoms with E-state index in [1.165, 1.54) is 49.5 Å². The van der Waals surface area contributed by atoms with Crippen LogP contribution < -0.4 is 10.5 Å². The molecule has 1 saturated heterocycles. The number of azide groups is 1. The third-order valence-corrected chi connectivity index (χ3v) is 9.91. The topological polar surface area (TPSA) is 323 Å². The van der Waals surface area contributed by atoms with Crippen molar-refractivity contribution in [2.75, 3.05) is 19.5 Å². The minimum Gasteiger partial charge on any atom is -0.497 e. The van der Waals surface area contributed by atoms with Gasteiger partial charge in [-0.2, -0.15) is 8.62 Å². The van der Waals surface area contributed by atoms with Crippen molar-refractivity contribution in [3.8, 4) is 5.75 Å². The number of nitrogen functional groups attached to an aromatic ring is 1. The third kappa shape index (κ3) is 8.62. The van der Waals surface area contributed by atoms with Gasteiger partial charge in [0.1, 0.15) is 36.0 Å². The zero-order valence-corrected chi connectivity index (χ0v) is 25.7. The van der Waals surface area contributed by atoms with E-state index in [-0.39, 0.29) is 34.5 Å². The Morgan fingerprint density at radius 2 is 1.93 bits per heavy atom. The van der Waals surface area contributed by atoms with Gasteiger partial charge in [-0.25, -0.2) is 33.4 Å². The summed E-state index contributed by atoms with van der Waals surface area (Å²) in [6.45, 7) is 0.607. The second kappa shape index (κ2) is 13.5. The molecule has 0 saturated carbocycles. The van der Waals surface area contributed by atoms with Crippen molar-refractivity contribution >= 4 is 46.4 Å². The molecule has 3 unspecified atom stereocenters. The lowest BCUT2D eigenvalue weighted by molar-refractivity contribution is -0.0490. The lowest BCUT2D eigenvalue weighted by atomic mass is 10.0. The summed E-state index contributed by atoms with van der Waals surface area (Å²) in [7, 11) is -15.6. The number of imidazole rings is 1. The number of carbonyl (C=O) groups is 1. The molecule has 0 amide bonds. The number of nitrogens with zero attached hydrogens (tertiary/aromatic N) is 7. The monoisotopic (exact) mass is 694 g/mol. The molecule has 0 aliphatic carbocycles. The maximum absolute atomic E-state index is 13.4. The molecule has 2 aromatic heterocycles. The SMILES string of the molecule is COc1ccc(C(=O)O[C@@H]2C[C@H](n3cnc4c(N)ncnc43)O[C@@H]2COP(=O)(O)OP(=O)(O)OP(=O)(O)O)c(C(C)N=[N+]=[N-])c1. The Labute approximate surface area is 252 Å². The summed E-state index contributed by atoms with van der Waals surface area (Å²) in [5.74, 6) is -0.509. The number of phosphoric acid groups is 3. The lowest BCUT2D eigenvalue weighted by Gasteiger charge is -2.22. The molecule has 4 rings (SSSR count). The first kappa shape index (κ1) is 34.4. The molecule has 1 fully saturated rings. The number of methoxy groups -OCH3 is 1. The fraction of sp³-hybridized carbons (Fsp3) is 0.400. The molecule has 0 bridgehead atoms. The number of nitrogens with two attached hydrogens (primary N) is 1. The highest BCUT2D eigenvalue weighted by atomic mass is 31.3. The van der Waals surface area contributed by atoms with Crippen molar-refractivity contribution in [3.63, 3.8) is 0 Å². The van der Waals surface area contributed by atoms with Crippen LogP contribution in [0.2, 0.25) is 0 Å². The van der Waals surface area contributed by atoms with Crippen LogP contribution in [0.3, 0.4) is 0 Å². The standard InChI is InChI=1S/C20H25N8O14P3/c1-10(26-27-22)13-5-11(37-2)3-4-12(13)20(29)40-14-6-16(28-9-25-17-18(21)23-8-24-19(17)28)39-15(14)7-38-44(33,34)42-45(35,36)41-43(30,31)32/h3-5,8-10,14-16H,6-7H2,1-2H3,(H,33,34)(H,35,36)(H2,21,23,24)(H2,30,31,32)/t10?,14-,15-,16-/m1/s1. The van der Waals surface area contributed by atoms with Gasteiger partial charge in [0.05, 0.1) is 31.6 Å². The van der Waals surface area contributed by atoms with Crippen molar-refractivity contribution in [1.29, 1.82) is 0 Å². The number of benzene rings is 1. The van der Waals surface area contributed by atoms with Gasteiger partial charge in [0.15, 0.2) is 11.5 Å². The van der Waals surface area contributed by atoms with Crippen LogP contribution in [0.25, 0.3) is 21.6 Å². The summed E-state index contributed by atoms with van der Waals surface area (Å²) < 4.78 is 65.4. The molecule has 1 aliphatic rings. The molecule has 3 heterocycles. The molecule has 3 aromatic rings. The smallest absolute Gasteiger partial charge is 0.490 e. The van der Waals surface area contributed by atoms with E-state index in [9.17, 15) is 28.3 Å². The van der Waals surface area contributed by atoms with Crippen LogP contribution in [-0.4, -0.2) is 71.0 Å². The highest BCUT2D eigenvalue weighted by Gasteiger charge is 2.44. The van der Waals surface area contributed by atoms with E-state index in [1.807, 2.05) is 0 Å². The van der Waals surface area contributed by atoms with E-state index < -0.39 is 60.5 Å². The zero-order valence-electron chi connectivity index (χ0n) is 23.0. The maximum Gasteiger partial charge on any atom is 0.490 e. The molecule has 1 aromatic carbocycles. The van der Waals surface area contributed by atoms with Crippen LogP contribution in [0.4, 0.5) is 5.82 Å². The number of anilines is 1. The number of ether oxygens (including phenoxy) is 3. The number of phosphoric ester groups is 1. The zero-order chi connectivity index (χ0) is 33.2. The normalized spacial score (nSPS) is 21.8. The number of hydrogen-bond donors (Lipinski definition) is 5. The predicted molar refractivity (Wildman–Crippen MR) is 148 cm³/mol. The fourth-order valence-corrected chi connectivity index (χ4v) is 7.27. The predicted octanol–water partition coefficient (Wildman–Crippen LogP) is 2.64. The van der Waals surface area contributed by atoms with Gasteiger partial charge in [-0.05, 0) is 29.3 Å². The number of carbonyl (C=O) groups excluding carboxylic acids is 1. The Morgan fingerprint density at radius 1 is 1.20 bits per heavy atom. The van der Waals surface area contributed by atoms with Crippen molar-refractivity contribution in [1.82, 2.24) is 19.5 Å². The molecule has 6 N–H and O–H groups in total. The summed E-state index contributed by atoms with van der Waals surface area (Å²) in [5, 5.41) is 3.61. The Kier molecular flexibility index (Phi) is 10.3. The first-order chi connectivity index (χ1) is 21.0. The first-order valence-electron chi connectivity index (χ1n) is 12.3. The largest absolute Gasteiger partial charge is 0.497 e. The van der Waals surface area contributed by atoms with Gasteiger partial charge in [-0.3, -0.25) is 9.09 Å². The number of rotatable bonds is 13. The van der Waals surface area contributed by atoms with Gasteiger partial charge in [-0.1, -0.05) is 12.0 Å². The van der Waals surface area contributed by atoms with Gasteiger partial charge in [0.25, 0.3) is 0 Å². The third-order valence-electron chi connectivity index (χ3n) is 6.11. The Morgan fingerprint density at radius 3 is 2.60 bits per heavy atom. The average molecular weight is 694 g/mol. The van der Waals surface area contributed by atoms with Crippen LogP contribution >= 0.6 is 23.5 Å². The molecule has 25 heteroatoms. The van der Waals surface area contributed by atoms with E-state index >= 15 is 0 Å². The van der Waals surface area contributed by atoms with E-state index in [2.05, 4.69) is 33.6 Å². The number of esters is 1. The first-order valence-corrected chi connectivity index (χ1v) is 16.8. The average Bonchev–Trinajstić information content (AvgIpc) is 3.54. The van der Waals surface area contributed by atoms with Crippen LogP contribution in [0, 0.1) is 0 Å². The summed E-state index contributed by atoms with van der Waals surface area (Å²) in [5.41, 5.74) is 15.4. The second-order valence-electron chi connectivity index (χ2n) is 9.11. The van der Waals surface area contributed by atoms with Crippen LogP contribution in [0.15, 0.2) is 36.0 Å². The Bertz CT molecular complexity index is 1780. The van der Waals surface area contributed by atoms with Crippen molar-refractivity contribution in [2.24, 2.45) is 5.11 Å². The van der Waals surface area contributed by atoms with Crippen LogP contribution in [-0.2, 0) is 36.3 Å². The molecule has 244 valence electrons. The van der Waals surface area contributed by atoms with Crippen LogP contribution in [0.5, 0.6) is 5.75 Å². The van der Waals surface area contributed by atoms with Crippen LogP contribution in [0.1, 0.15) is 41.5 Å². The van der Waals surface area contributed by atoms with Gasteiger partial charge in [-0.15, -0.1) is 0 Å². The summed E-state index contributed by atoms with van der Waals surface area (Å²) in [6, 6.07) is 3.48. The van der Waals surface area contributed by atoms with Crippen molar-refractivity contribution in [3.05, 3.63) is 52.4 Å². The molecular formula is C20H25N8O14P3. The minimum absolute atomic E-state index is 0.0145. The number of aromatic nitrogens is 4. The summed E-state index contributed by atoms with van der Waals surface area (Å²) >= 11 is 0. The Hall–Kier alpha value is -3.48. The molecule has 0 radical (unpaired) electrons. The summed E-state index contributed by atoms with van der Waals surface area (Å²) in [6.07, 6.45) is -1.23. The number of hydrogen-bond acceptors (Lipinski definition) is 15. The van der Waals surface area contributed by atoms with E-state index in [1.54, 1.807) is 0 Å². The fourth-order valence-electron chi connectivity index (χ4n) is 4.24. The second-order valence-corrected chi connectivity index (χ2v) is 13.5. The highest BCUT2D eigenvalue weighted by molar-refractivity contribution is 7.66. The van der Waals surface area contributed by atoms with Gasteiger partial charge in [0.2, 0.25) is 0 Å².